The summed E-state index contributed by atoms with van der Waals surface area (Å²) in [4.78, 5) is 104. The molecule has 0 aromatic carbocycles. The molecule has 0 radical (unpaired) electrons. The number of rotatable bonds is 35. The van der Waals surface area contributed by atoms with Gasteiger partial charge >= 0.3 is 35.8 Å². The van der Waals surface area contributed by atoms with Gasteiger partial charge in [-0.3, -0.25) is 28.8 Å². The zero-order valence-corrected chi connectivity index (χ0v) is 87.8. The lowest BCUT2D eigenvalue weighted by molar-refractivity contribution is -0.142. The van der Waals surface area contributed by atoms with Crippen LogP contribution in [0, 0.1) is 63.1 Å². The monoisotopic (exact) mass is 1910 g/mol. The van der Waals surface area contributed by atoms with Gasteiger partial charge in [-0.05, 0) is 292 Å². The third kappa shape index (κ3) is 38.1. The number of esters is 6. The SMILES string of the molecule is [C-]#[N+]/C(C(=O)OCC)=C1/C=C(C)N(CCCC)C(C2CCCCC2)=C1.[C-]#[N+]/C(C(=O)OCC)=C1/C=C(C)OC(C2CCCCC2)=C1.[C-]#[N+]/C(C(=O)OCC)=C1\C=C(C)N(CCCC)C(C2CCCC2)=C1.[C-]#[N+]C(C(=O)OCC(C)OC)=C1C=C(C)N(CC(C)C)C(C)=C1.[C-]#[N+]C(C(=O)OCC(C)OC)=C1C=C(C)N(CCCC)C(C)=C1.[C-]#[N+]C(C(=O)OCC(C)OC)=C1C=C(C)N(CCCC)C(C)=C1. The molecular weight excluding hydrogens is 1760 g/mol. The molecule has 0 N–H and O–H groups in total. The normalized spacial score (nSPS) is 18.2. The second kappa shape index (κ2) is 64.1. The van der Waals surface area contributed by atoms with Crippen molar-refractivity contribution in [3.05, 3.63) is 278 Å². The number of unbranched alkanes of at least 4 members (excludes halogenated alkanes) is 4. The molecule has 3 atom stereocenters. The van der Waals surface area contributed by atoms with Crippen molar-refractivity contribution in [3.8, 4) is 0 Å². The van der Waals surface area contributed by atoms with Gasteiger partial charge in [0.2, 0.25) is 0 Å². The van der Waals surface area contributed by atoms with Crippen LogP contribution in [-0.4, -0.2) is 172 Å². The summed E-state index contributed by atoms with van der Waals surface area (Å²) in [6.45, 7) is 91.7. The van der Waals surface area contributed by atoms with Crippen molar-refractivity contribution in [1.82, 2.24) is 24.5 Å². The number of ether oxygens (including phenoxy) is 10. The van der Waals surface area contributed by atoms with E-state index in [9.17, 15) is 28.8 Å². The minimum Gasteiger partial charge on any atom is -0.471 e. The van der Waals surface area contributed by atoms with Crippen molar-refractivity contribution in [2.24, 2.45) is 23.7 Å². The van der Waals surface area contributed by atoms with E-state index >= 15 is 0 Å². The molecule has 756 valence electrons. The molecule has 0 bridgehead atoms. The zero-order valence-electron chi connectivity index (χ0n) is 87.8. The molecule has 0 aromatic heterocycles. The van der Waals surface area contributed by atoms with Crippen LogP contribution in [0.25, 0.3) is 29.1 Å². The summed E-state index contributed by atoms with van der Waals surface area (Å²) in [6, 6.07) is 0. The third-order valence-electron chi connectivity index (χ3n) is 24.6. The van der Waals surface area contributed by atoms with E-state index in [0.717, 1.165) is 154 Å². The molecule has 0 spiro atoms. The molecular formula is C112H157N11O16. The maximum absolute atomic E-state index is 12.2. The Labute approximate surface area is 831 Å². The smallest absolute Gasteiger partial charge is 0.337 e. The molecule has 0 saturated heterocycles. The molecule has 6 aliphatic heterocycles. The number of hydrogen-bond acceptors (Lipinski definition) is 21. The van der Waals surface area contributed by atoms with Crippen LogP contribution in [0.2, 0.25) is 0 Å². The second-order valence-corrected chi connectivity index (χ2v) is 36.1. The number of allylic oxidation sites excluding steroid dienone is 30. The number of methoxy groups -OCH3 is 3. The highest BCUT2D eigenvalue weighted by molar-refractivity contribution is 5.96. The lowest BCUT2D eigenvalue weighted by Crippen LogP contribution is -2.30. The van der Waals surface area contributed by atoms with Gasteiger partial charge in [-0.25, -0.2) is 29.1 Å². The molecule has 0 aromatic rings. The molecule has 3 unspecified atom stereocenters. The van der Waals surface area contributed by atoms with E-state index in [1.165, 1.54) is 88.4 Å². The van der Waals surface area contributed by atoms with E-state index in [-0.39, 0.29) is 92.1 Å². The van der Waals surface area contributed by atoms with Crippen molar-refractivity contribution >= 4 is 35.8 Å². The van der Waals surface area contributed by atoms with Crippen LogP contribution in [-0.2, 0) is 76.1 Å². The Bertz CT molecular complexity index is 4930. The van der Waals surface area contributed by atoms with Crippen LogP contribution in [0.3, 0.4) is 0 Å². The molecule has 27 nitrogen and oxygen atoms in total. The Morgan fingerprint density at radius 1 is 0.317 bits per heavy atom. The summed E-state index contributed by atoms with van der Waals surface area (Å²) in [5.41, 5.74) is 15.1. The fourth-order valence-electron chi connectivity index (χ4n) is 16.9. The Balaban J connectivity index is 0.000000348. The van der Waals surface area contributed by atoms with Gasteiger partial charge in [0.25, 0.3) is 34.2 Å². The van der Waals surface area contributed by atoms with Gasteiger partial charge < -0.3 is 71.9 Å². The molecule has 27 heteroatoms. The van der Waals surface area contributed by atoms with E-state index in [2.05, 4.69) is 121 Å². The van der Waals surface area contributed by atoms with Crippen LogP contribution >= 0.6 is 0 Å². The molecule has 3 fully saturated rings. The molecule has 9 rings (SSSR count). The summed E-state index contributed by atoms with van der Waals surface area (Å²) in [6.07, 6.45) is 48.4. The number of carbonyl (C=O) groups excluding carboxylic acids is 6. The Kier molecular flexibility index (Phi) is 54.9. The van der Waals surface area contributed by atoms with Crippen LogP contribution < -0.4 is 0 Å². The minimum absolute atomic E-state index is 0.0104. The fourth-order valence-corrected chi connectivity index (χ4v) is 16.9. The Morgan fingerprint density at radius 3 is 0.799 bits per heavy atom. The predicted octanol–water partition coefficient (Wildman–Crippen LogP) is 25.0. The van der Waals surface area contributed by atoms with Gasteiger partial charge in [-0.1, -0.05) is 119 Å². The highest BCUT2D eigenvalue weighted by Crippen LogP contribution is 2.42. The largest absolute Gasteiger partial charge is 0.471 e. The first-order valence-corrected chi connectivity index (χ1v) is 49.7. The lowest BCUT2D eigenvalue weighted by Gasteiger charge is -2.37. The maximum Gasteiger partial charge on any atom is 0.337 e. The average Bonchev–Trinajstić information content (AvgIpc) is 1.78. The van der Waals surface area contributed by atoms with E-state index in [0.29, 0.717) is 57.1 Å². The van der Waals surface area contributed by atoms with Gasteiger partial charge in [0.1, 0.15) is 25.6 Å². The van der Waals surface area contributed by atoms with Crippen molar-refractivity contribution in [3.63, 3.8) is 0 Å². The summed E-state index contributed by atoms with van der Waals surface area (Å²) in [7, 11) is 4.66. The molecule has 9 aliphatic rings. The first-order chi connectivity index (χ1) is 66.6. The first kappa shape index (κ1) is 119. The van der Waals surface area contributed by atoms with Crippen LogP contribution in [0.15, 0.2) is 209 Å². The van der Waals surface area contributed by atoms with Crippen molar-refractivity contribution in [1.29, 1.82) is 0 Å². The average molecular weight is 1910 g/mol. The standard InChI is InChI=1S/C21H30N2O2.C20H28N2O2.3C18H26N2O3.C17H21NO3/c1-5-7-13-23-16(3)14-18(20(22-4)21(24)25-6-2)15-19(23)17-11-9-8-10-12-17;1-5-7-12-22-15(3)13-17(19(21-4)20(23)24-6-2)14-18(22)16-10-8-9-11-16;1-12(2)10-20-13(3)8-16(9-14(20)4)17(19-6)18(21)23-11-15(5)22-7;2*1-7-8-9-20-13(2)10-16(11-14(20)3)17(19-5)18(21)23-12-15(4)22-6;1-4-20-17(19)16(18-3)14-10-12(2)21-15(11-14)13-8-6-5-7-9-13/h14-15,17H,5-13H2,1-3H3;13-14,16H,5-12H2,1-3H3;8-9,12,15H,10-11H2,1-5,7H3;2*10-11,15H,7-9,12H2,1-4,6H3;10-11,13H,4-9H2,1-2H3/b20-18-;19-17+;;;;16-14-. The minimum atomic E-state index is -0.607. The Morgan fingerprint density at radius 2 is 0.547 bits per heavy atom. The van der Waals surface area contributed by atoms with E-state index in [1.54, 1.807) is 68.9 Å². The highest BCUT2D eigenvalue weighted by Gasteiger charge is 2.33. The van der Waals surface area contributed by atoms with Crippen molar-refractivity contribution in [2.75, 3.05) is 93.7 Å². The zero-order chi connectivity index (χ0) is 103. The Hall–Kier alpha value is -12.2. The topological polar surface area (TPSA) is 237 Å². The number of hydrogen-bond donors (Lipinski definition) is 0. The van der Waals surface area contributed by atoms with Gasteiger partial charge in [0.05, 0.1) is 83.3 Å². The summed E-state index contributed by atoms with van der Waals surface area (Å²) in [5, 5.41) is 0. The third-order valence-corrected chi connectivity index (χ3v) is 24.6. The summed E-state index contributed by atoms with van der Waals surface area (Å²) >= 11 is 0. The predicted molar refractivity (Wildman–Crippen MR) is 546 cm³/mol. The van der Waals surface area contributed by atoms with Crippen LogP contribution in [0.5, 0.6) is 0 Å². The van der Waals surface area contributed by atoms with E-state index in [4.69, 9.17) is 86.8 Å². The van der Waals surface area contributed by atoms with Gasteiger partial charge in [-0.15, -0.1) is 0 Å². The maximum atomic E-state index is 12.2. The molecule has 0 amide bonds. The lowest BCUT2D eigenvalue weighted by atomic mass is 9.84. The number of carbonyl (C=O) groups is 6. The van der Waals surface area contributed by atoms with E-state index in [1.807, 2.05) is 103 Å². The summed E-state index contributed by atoms with van der Waals surface area (Å²) in [5.74, 6) is 0.176. The van der Waals surface area contributed by atoms with Crippen LogP contribution in [0.1, 0.15) is 287 Å². The molecule has 3 aliphatic carbocycles. The van der Waals surface area contributed by atoms with Crippen molar-refractivity contribution in [2.45, 2.75) is 305 Å². The second-order valence-electron chi connectivity index (χ2n) is 36.1. The molecule has 3 saturated carbocycles. The van der Waals surface area contributed by atoms with E-state index < -0.39 is 35.8 Å². The summed E-state index contributed by atoms with van der Waals surface area (Å²) < 4.78 is 51.5. The molecule has 139 heavy (non-hydrogen) atoms. The van der Waals surface area contributed by atoms with Gasteiger partial charge in [0, 0.05) is 117 Å². The van der Waals surface area contributed by atoms with Crippen LogP contribution in [0.4, 0.5) is 0 Å². The van der Waals surface area contributed by atoms with Crippen molar-refractivity contribution < 1.29 is 76.1 Å². The fraction of sp³-hybridized carbons (Fsp3) is 0.571. The first-order valence-electron chi connectivity index (χ1n) is 49.7. The number of nitrogens with zero attached hydrogens (tertiary/aromatic N) is 11. The quantitative estimate of drug-likeness (QED) is 0.0248. The molecule has 6 heterocycles. The van der Waals surface area contributed by atoms with Gasteiger partial charge in [-0.2, -0.15) is 0 Å². The highest BCUT2D eigenvalue weighted by atomic mass is 16.6. The van der Waals surface area contributed by atoms with Gasteiger partial charge in [0.15, 0.2) is 0 Å².